The average molecular weight is 445 g/mol. The first-order valence-corrected chi connectivity index (χ1v) is 10.6. The van der Waals surface area contributed by atoms with Crippen molar-refractivity contribution in [3.8, 4) is 0 Å². The van der Waals surface area contributed by atoms with E-state index in [1.807, 2.05) is 38.2 Å². The molecule has 0 saturated heterocycles. The molecule has 2 amide bonds. The Kier molecular flexibility index (Phi) is 6.24. The van der Waals surface area contributed by atoms with Gasteiger partial charge in [-0.3, -0.25) is 14.5 Å². The number of fused-ring (bicyclic) bond motifs is 1. The molecule has 0 aromatic heterocycles. The third kappa shape index (κ3) is 5.10. The maximum Gasteiger partial charge on any atom is 0.258 e. The predicted molar refractivity (Wildman–Crippen MR) is 128 cm³/mol. The lowest BCUT2D eigenvalue weighted by atomic mass is 10.0. The summed E-state index contributed by atoms with van der Waals surface area (Å²) in [5.41, 5.74) is 11.3. The van der Waals surface area contributed by atoms with Gasteiger partial charge in [0.25, 0.3) is 5.91 Å². The van der Waals surface area contributed by atoms with Gasteiger partial charge >= 0.3 is 0 Å². The number of primary amides is 1. The summed E-state index contributed by atoms with van der Waals surface area (Å²) in [5.74, 6) is -0.998. The van der Waals surface area contributed by atoms with Gasteiger partial charge in [0.15, 0.2) is 0 Å². The molecule has 7 heteroatoms. The van der Waals surface area contributed by atoms with Crippen molar-refractivity contribution in [2.75, 3.05) is 17.7 Å². The second kappa shape index (κ2) is 9.26. The normalized spacial score (nSPS) is 14.1. The van der Waals surface area contributed by atoms with Crippen molar-refractivity contribution in [3.05, 3.63) is 100 Å². The summed E-state index contributed by atoms with van der Waals surface area (Å²) in [6.07, 6.45) is 0. The highest BCUT2D eigenvalue weighted by Gasteiger charge is 2.27. The van der Waals surface area contributed by atoms with Crippen LogP contribution in [0.2, 0.25) is 0 Å². The van der Waals surface area contributed by atoms with Gasteiger partial charge in [-0.2, -0.15) is 0 Å². The number of nitrogens with one attached hydrogen (secondary N) is 2. The largest absolute Gasteiger partial charge is 0.366 e. The van der Waals surface area contributed by atoms with E-state index in [1.54, 1.807) is 30.3 Å². The number of allylic oxidation sites excluding steroid dienone is 1. The zero-order valence-corrected chi connectivity index (χ0v) is 18.5. The minimum absolute atomic E-state index is 0.226. The zero-order valence-electron chi connectivity index (χ0n) is 18.5. The lowest BCUT2D eigenvalue weighted by Crippen LogP contribution is -2.17. The van der Waals surface area contributed by atoms with E-state index in [1.165, 1.54) is 12.1 Å². The number of carbonyl (C=O) groups is 2. The molecule has 0 radical (unpaired) electrons. The summed E-state index contributed by atoms with van der Waals surface area (Å²) >= 11 is 0. The Morgan fingerprint density at radius 3 is 2.21 bits per heavy atom. The second-order valence-electron chi connectivity index (χ2n) is 8.20. The molecule has 0 atom stereocenters. The number of nitrogens with two attached hydrogens (primary N) is 1. The van der Waals surface area contributed by atoms with Crippen molar-refractivity contribution in [2.24, 2.45) is 5.73 Å². The quantitative estimate of drug-likeness (QED) is 0.473. The molecule has 0 unspecified atom stereocenters. The maximum absolute atomic E-state index is 13.1. The summed E-state index contributed by atoms with van der Waals surface area (Å²) in [6.45, 7) is 3.31. The molecule has 0 bridgehead atoms. The minimum Gasteiger partial charge on any atom is -0.366 e. The summed E-state index contributed by atoms with van der Waals surface area (Å²) in [4.78, 5) is 26.1. The van der Waals surface area contributed by atoms with Crippen LogP contribution >= 0.6 is 0 Å². The number of nitrogens with zero attached hydrogens (tertiary/aromatic N) is 1. The van der Waals surface area contributed by atoms with Crippen LogP contribution in [-0.4, -0.2) is 23.8 Å². The van der Waals surface area contributed by atoms with Crippen molar-refractivity contribution in [1.29, 1.82) is 0 Å². The molecule has 3 aromatic carbocycles. The van der Waals surface area contributed by atoms with E-state index in [9.17, 15) is 14.0 Å². The van der Waals surface area contributed by atoms with Gasteiger partial charge in [0.05, 0.1) is 5.57 Å². The number of rotatable bonds is 7. The number of halogens is 1. The van der Waals surface area contributed by atoms with Crippen LogP contribution in [0.4, 0.5) is 15.8 Å². The molecule has 1 aliphatic heterocycles. The van der Waals surface area contributed by atoms with Gasteiger partial charge in [-0.1, -0.05) is 30.3 Å². The van der Waals surface area contributed by atoms with Crippen molar-refractivity contribution in [1.82, 2.24) is 4.90 Å². The lowest BCUT2D eigenvalue weighted by Gasteiger charge is -2.17. The van der Waals surface area contributed by atoms with Crippen LogP contribution in [0.3, 0.4) is 0 Å². The van der Waals surface area contributed by atoms with E-state index in [2.05, 4.69) is 15.5 Å². The summed E-state index contributed by atoms with van der Waals surface area (Å²) < 4.78 is 13.1. The Labute approximate surface area is 191 Å². The topological polar surface area (TPSA) is 87.5 Å². The van der Waals surface area contributed by atoms with Crippen LogP contribution in [0.1, 0.15) is 34.0 Å². The first-order valence-electron chi connectivity index (χ1n) is 10.6. The van der Waals surface area contributed by atoms with Crippen LogP contribution in [-0.2, 0) is 17.9 Å². The monoisotopic (exact) mass is 444 g/mol. The molecule has 0 saturated carbocycles. The van der Waals surface area contributed by atoms with E-state index in [4.69, 9.17) is 5.73 Å². The zero-order chi connectivity index (χ0) is 23.5. The second-order valence-corrected chi connectivity index (χ2v) is 8.20. The van der Waals surface area contributed by atoms with Gasteiger partial charge in [0.2, 0.25) is 5.91 Å². The van der Waals surface area contributed by atoms with Gasteiger partial charge in [-0.05, 0) is 61.5 Å². The van der Waals surface area contributed by atoms with Crippen LogP contribution in [0.5, 0.6) is 0 Å². The molecule has 1 aliphatic rings. The van der Waals surface area contributed by atoms with Crippen LogP contribution in [0, 0.1) is 5.82 Å². The van der Waals surface area contributed by atoms with Crippen LogP contribution < -0.4 is 16.4 Å². The molecular formula is C26H25FN4O2. The number of hydrogen-bond acceptors (Lipinski definition) is 4. The van der Waals surface area contributed by atoms with E-state index in [0.29, 0.717) is 22.5 Å². The number of amides is 2. The number of carbonyl (C=O) groups excluding carboxylic acids is 2. The first kappa shape index (κ1) is 22.2. The smallest absolute Gasteiger partial charge is 0.258 e. The van der Waals surface area contributed by atoms with Gasteiger partial charge in [-0.15, -0.1) is 0 Å². The number of benzene rings is 3. The van der Waals surface area contributed by atoms with Crippen molar-refractivity contribution in [3.63, 3.8) is 0 Å². The summed E-state index contributed by atoms with van der Waals surface area (Å²) in [7, 11) is 2.02. The van der Waals surface area contributed by atoms with E-state index < -0.39 is 5.91 Å². The molecule has 0 spiro atoms. The Morgan fingerprint density at radius 1 is 1.00 bits per heavy atom. The fourth-order valence-corrected chi connectivity index (χ4v) is 3.94. The molecule has 4 rings (SSSR count). The Morgan fingerprint density at radius 2 is 1.61 bits per heavy atom. The summed E-state index contributed by atoms with van der Waals surface area (Å²) in [6, 6.07) is 19.5. The van der Waals surface area contributed by atoms with Crippen molar-refractivity contribution >= 4 is 28.8 Å². The molecule has 4 N–H and O–H groups in total. The fraction of sp³-hybridized carbons (Fsp3) is 0.154. The first-order chi connectivity index (χ1) is 15.8. The highest BCUT2D eigenvalue weighted by atomic mass is 19.1. The van der Waals surface area contributed by atoms with E-state index in [0.717, 1.165) is 35.5 Å². The van der Waals surface area contributed by atoms with Crippen molar-refractivity contribution in [2.45, 2.75) is 20.0 Å². The van der Waals surface area contributed by atoms with Gasteiger partial charge in [0.1, 0.15) is 5.82 Å². The maximum atomic E-state index is 13.1. The molecule has 1 heterocycles. The highest BCUT2D eigenvalue weighted by Crippen LogP contribution is 2.34. The molecule has 168 valence electrons. The third-order valence-electron chi connectivity index (χ3n) is 5.53. The van der Waals surface area contributed by atoms with Gasteiger partial charge in [-0.25, -0.2) is 4.39 Å². The average Bonchev–Trinajstić information content (AvgIpc) is 3.11. The molecule has 3 aromatic rings. The standard InChI is InChI=1S/C26H25FN4O2/c1-16(24-22-12-7-19(25(28)32)13-23(22)30-26(24)33)29-21-10-5-18(6-11-21)15-31(2)14-17-3-8-20(27)9-4-17/h3-13,29H,14-15H2,1-2H3,(H2,28,32)(H,30,33). The Hall–Kier alpha value is -3.97. The predicted octanol–water partition coefficient (Wildman–Crippen LogP) is 4.35. The molecule has 33 heavy (non-hydrogen) atoms. The lowest BCUT2D eigenvalue weighted by molar-refractivity contribution is -0.110. The van der Waals surface area contributed by atoms with Gasteiger partial charge in [0, 0.05) is 41.3 Å². The fourth-order valence-electron chi connectivity index (χ4n) is 3.94. The number of anilines is 2. The SMILES string of the molecule is CC(Nc1ccc(CN(C)Cc2ccc(F)cc2)cc1)=C1C(=O)Nc2cc(C(N)=O)ccc21. The molecule has 6 nitrogen and oxygen atoms in total. The van der Waals surface area contributed by atoms with Crippen LogP contribution in [0.15, 0.2) is 72.4 Å². The van der Waals surface area contributed by atoms with Crippen LogP contribution in [0.25, 0.3) is 5.57 Å². The molecule has 0 aliphatic carbocycles. The highest BCUT2D eigenvalue weighted by molar-refractivity contribution is 6.32. The van der Waals surface area contributed by atoms with Crippen molar-refractivity contribution < 1.29 is 14.0 Å². The Balaban J connectivity index is 1.43. The third-order valence-corrected chi connectivity index (χ3v) is 5.53. The number of hydrogen-bond donors (Lipinski definition) is 3. The Bertz CT molecular complexity index is 1230. The van der Waals surface area contributed by atoms with E-state index >= 15 is 0 Å². The minimum atomic E-state index is -0.539. The molecular weight excluding hydrogens is 419 g/mol. The van der Waals surface area contributed by atoms with Gasteiger partial charge < -0.3 is 16.4 Å². The summed E-state index contributed by atoms with van der Waals surface area (Å²) in [5, 5.41) is 6.09. The van der Waals surface area contributed by atoms with E-state index in [-0.39, 0.29) is 11.7 Å². The molecule has 0 fully saturated rings.